The zero-order chi connectivity index (χ0) is 23.4. The predicted octanol–water partition coefficient (Wildman–Crippen LogP) is 4.63. The first kappa shape index (κ1) is 23.2. The molecule has 1 saturated heterocycles. The molecular weight excluding hydrogens is 408 g/mol. The quantitative estimate of drug-likeness (QED) is 0.533. The number of hydrogen-bond acceptors (Lipinski definition) is 3. The Morgan fingerprint density at radius 2 is 1.70 bits per heavy atom. The molecule has 1 fully saturated rings. The fraction of sp³-hybridized carbons (Fsp3) is 0.429. The number of rotatable bonds is 7. The second kappa shape index (κ2) is 10.3. The van der Waals surface area contributed by atoms with E-state index in [9.17, 15) is 4.79 Å². The van der Waals surface area contributed by atoms with E-state index in [0.29, 0.717) is 11.6 Å². The van der Waals surface area contributed by atoms with Crippen LogP contribution >= 0.6 is 0 Å². The molecule has 174 valence electrons. The highest BCUT2D eigenvalue weighted by Crippen LogP contribution is 2.28. The molecule has 5 nitrogen and oxygen atoms in total. The fourth-order valence-electron chi connectivity index (χ4n) is 5.06. The Morgan fingerprint density at radius 1 is 1.03 bits per heavy atom. The Balaban J connectivity index is 1.47. The Morgan fingerprint density at radius 3 is 2.30 bits per heavy atom. The van der Waals surface area contributed by atoms with Crippen LogP contribution in [0.1, 0.15) is 45.7 Å². The number of aromatic nitrogens is 2. The van der Waals surface area contributed by atoms with Gasteiger partial charge >= 0.3 is 0 Å². The van der Waals surface area contributed by atoms with Crippen LogP contribution in [0.5, 0.6) is 0 Å². The van der Waals surface area contributed by atoms with Crippen molar-refractivity contribution in [2.45, 2.75) is 45.7 Å². The molecule has 2 aromatic carbocycles. The molecule has 3 aromatic rings. The van der Waals surface area contributed by atoms with Gasteiger partial charge in [0.25, 0.3) is 5.91 Å². The summed E-state index contributed by atoms with van der Waals surface area (Å²) in [4.78, 5) is 18.0. The maximum absolute atomic E-state index is 13.4. The van der Waals surface area contributed by atoms with Gasteiger partial charge in [0.1, 0.15) is 5.69 Å². The second-order valence-electron chi connectivity index (χ2n) is 9.57. The van der Waals surface area contributed by atoms with Gasteiger partial charge in [-0.3, -0.25) is 14.4 Å². The van der Waals surface area contributed by atoms with Crippen LogP contribution in [0.3, 0.4) is 0 Å². The average molecular weight is 445 g/mol. The number of nitrogens with zero attached hydrogens (tertiary/aromatic N) is 4. The molecule has 5 heteroatoms. The molecule has 0 aliphatic carbocycles. The maximum atomic E-state index is 13.4. The van der Waals surface area contributed by atoms with Crippen LogP contribution in [0.4, 0.5) is 0 Å². The lowest BCUT2D eigenvalue weighted by Crippen LogP contribution is -2.47. The van der Waals surface area contributed by atoms with Crippen LogP contribution in [-0.2, 0) is 20.0 Å². The molecule has 0 radical (unpaired) electrons. The van der Waals surface area contributed by atoms with Crippen molar-refractivity contribution in [1.29, 1.82) is 0 Å². The lowest BCUT2D eigenvalue weighted by Gasteiger charge is -2.40. The molecule has 0 N–H and O–H groups in total. The van der Waals surface area contributed by atoms with Crippen molar-refractivity contribution in [3.63, 3.8) is 0 Å². The van der Waals surface area contributed by atoms with Gasteiger partial charge in [0, 0.05) is 26.7 Å². The zero-order valence-corrected chi connectivity index (χ0v) is 20.4. The summed E-state index contributed by atoms with van der Waals surface area (Å²) in [5, 5.41) is 4.39. The number of piperidine rings is 1. The van der Waals surface area contributed by atoms with Crippen LogP contribution in [0.25, 0.3) is 0 Å². The highest BCUT2D eigenvalue weighted by atomic mass is 16.2. The summed E-state index contributed by atoms with van der Waals surface area (Å²) in [6.45, 7) is 7.20. The minimum Gasteiger partial charge on any atom is -0.337 e. The highest BCUT2D eigenvalue weighted by molar-refractivity contribution is 5.92. The summed E-state index contributed by atoms with van der Waals surface area (Å²) >= 11 is 0. The molecule has 33 heavy (non-hydrogen) atoms. The first-order valence-corrected chi connectivity index (χ1v) is 12.0. The lowest BCUT2D eigenvalue weighted by molar-refractivity contribution is 0.0575. The van der Waals surface area contributed by atoms with Crippen molar-refractivity contribution in [3.8, 4) is 0 Å². The standard InChI is InChI=1S/C28H36N4O/c1-21-10-12-24(13-11-21)20-32-16-14-25(15-17-32)26(19-23-8-6-5-7-9-23)30(3)28(33)27-18-22(2)29-31(27)4/h5-13,18,25-26H,14-17,19-20H2,1-4H3/t26-/m1/s1. The smallest absolute Gasteiger partial charge is 0.272 e. The molecule has 0 saturated carbocycles. The number of carbonyl (C=O) groups is 1. The molecule has 1 atom stereocenters. The van der Waals surface area contributed by atoms with Crippen molar-refractivity contribution in [1.82, 2.24) is 19.6 Å². The van der Waals surface area contributed by atoms with E-state index < -0.39 is 0 Å². The van der Waals surface area contributed by atoms with E-state index in [1.54, 1.807) is 4.68 Å². The largest absolute Gasteiger partial charge is 0.337 e. The van der Waals surface area contributed by atoms with Gasteiger partial charge in [-0.2, -0.15) is 5.10 Å². The molecule has 1 aliphatic heterocycles. The Bertz CT molecular complexity index is 1050. The summed E-state index contributed by atoms with van der Waals surface area (Å²) in [5.74, 6) is 0.531. The topological polar surface area (TPSA) is 41.4 Å². The van der Waals surface area contributed by atoms with E-state index in [4.69, 9.17) is 0 Å². The number of aryl methyl sites for hydroxylation is 3. The van der Waals surface area contributed by atoms with E-state index in [0.717, 1.165) is 44.6 Å². The second-order valence-corrected chi connectivity index (χ2v) is 9.57. The molecule has 4 rings (SSSR count). The molecule has 1 amide bonds. The van der Waals surface area contributed by atoms with Gasteiger partial charge in [-0.05, 0) is 69.3 Å². The summed E-state index contributed by atoms with van der Waals surface area (Å²) in [6.07, 6.45) is 3.08. The zero-order valence-electron chi connectivity index (χ0n) is 20.4. The minimum atomic E-state index is 0.0566. The summed E-state index contributed by atoms with van der Waals surface area (Å²) in [7, 11) is 3.82. The van der Waals surface area contributed by atoms with E-state index in [1.807, 2.05) is 32.0 Å². The number of likely N-dealkylation sites (tertiary alicyclic amines) is 1. The number of benzene rings is 2. The maximum Gasteiger partial charge on any atom is 0.272 e. The van der Waals surface area contributed by atoms with Crippen molar-refractivity contribution >= 4 is 5.91 Å². The van der Waals surface area contributed by atoms with Gasteiger partial charge in [-0.15, -0.1) is 0 Å². The van der Waals surface area contributed by atoms with Gasteiger partial charge in [-0.1, -0.05) is 60.2 Å². The van der Waals surface area contributed by atoms with Crippen LogP contribution in [-0.4, -0.2) is 51.7 Å². The molecule has 0 unspecified atom stereocenters. The highest BCUT2D eigenvalue weighted by Gasteiger charge is 2.32. The lowest BCUT2D eigenvalue weighted by atomic mass is 9.84. The van der Waals surface area contributed by atoms with Crippen molar-refractivity contribution < 1.29 is 4.79 Å². The Labute approximate surface area is 198 Å². The van der Waals surface area contributed by atoms with Gasteiger partial charge in [-0.25, -0.2) is 0 Å². The van der Waals surface area contributed by atoms with Crippen LogP contribution in [0.15, 0.2) is 60.7 Å². The number of hydrogen-bond donors (Lipinski definition) is 0. The van der Waals surface area contributed by atoms with E-state index in [-0.39, 0.29) is 11.9 Å². The normalized spacial score (nSPS) is 16.0. The van der Waals surface area contributed by atoms with Gasteiger partial charge in [0.2, 0.25) is 0 Å². The first-order valence-electron chi connectivity index (χ1n) is 12.0. The molecular formula is C28H36N4O. The van der Waals surface area contributed by atoms with Crippen LogP contribution < -0.4 is 0 Å². The molecule has 1 aromatic heterocycles. The molecule has 0 bridgehead atoms. The third-order valence-electron chi connectivity index (χ3n) is 7.03. The Hall–Kier alpha value is -2.92. The van der Waals surface area contributed by atoms with Crippen LogP contribution in [0, 0.1) is 19.8 Å². The third-order valence-corrected chi connectivity index (χ3v) is 7.03. The van der Waals surface area contributed by atoms with Crippen LogP contribution in [0.2, 0.25) is 0 Å². The fourth-order valence-corrected chi connectivity index (χ4v) is 5.06. The summed E-state index contributed by atoms with van der Waals surface area (Å²) in [5.41, 5.74) is 5.49. The van der Waals surface area contributed by atoms with Crippen molar-refractivity contribution in [2.24, 2.45) is 13.0 Å². The van der Waals surface area contributed by atoms with E-state index in [1.165, 1.54) is 16.7 Å². The molecule has 0 spiro atoms. The van der Waals surface area contributed by atoms with Crippen molar-refractivity contribution in [2.75, 3.05) is 20.1 Å². The van der Waals surface area contributed by atoms with E-state index in [2.05, 4.69) is 71.5 Å². The molecule has 2 heterocycles. The summed E-state index contributed by atoms with van der Waals surface area (Å²) < 4.78 is 1.71. The van der Waals surface area contributed by atoms with Crippen molar-refractivity contribution in [3.05, 3.63) is 88.7 Å². The number of likely N-dealkylation sites (N-methyl/N-ethyl adjacent to an activating group) is 1. The third kappa shape index (κ3) is 5.72. The minimum absolute atomic E-state index is 0.0566. The SMILES string of the molecule is Cc1ccc(CN2CCC([C@@H](Cc3ccccc3)N(C)C(=O)c3cc(C)nn3C)CC2)cc1. The average Bonchev–Trinajstić information content (AvgIpc) is 3.17. The predicted molar refractivity (Wildman–Crippen MR) is 133 cm³/mol. The van der Waals surface area contributed by atoms with Gasteiger partial charge in [0.05, 0.1) is 5.69 Å². The number of amides is 1. The monoisotopic (exact) mass is 444 g/mol. The van der Waals surface area contributed by atoms with Gasteiger partial charge < -0.3 is 4.90 Å². The first-order chi connectivity index (χ1) is 15.9. The number of carbonyl (C=O) groups excluding carboxylic acids is 1. The van der Waals surface area contributed by atoms with E-state index >= 15 is 0 Å². The Kier molecular flexibility index (Phi) is 7.29. The van der Waals surface area contributed by atoms with Gasteiger partial charge in [0.15, 0.2) is 0 Å². The summed E-state index contributed by atoms with van der Waals surface area (Å²) in [6, 6.07) is 21.5. The molecule has 1 aliphatic rings.